The van der Waals surface area contributed by atoms with Gasteiger partial charge in [-0.3, -0.25) is 14.5 Å². The number of anilines is 1. The summed E-state index contributed by atoms with van der Waals surface area (Å²) in [6, 6.07) is 10.7. The SMILES string of the molecule is C#CCN1C(=O)[C@](O)(CC(=O)c2cc(C)c(C)cc2C)c2ccccc21. The van der Waals surface area contributed by atoms with Gasteiger partial charge in [0.1, 0.15) is 0 Å². The highest BCUT2D eigenvalue weighted by molar-refractivity contribution is 6.11. The number of hydrogen-bond acceptors (Lipinski definition) is 3. The number of Topliss-reactive ketones (excluding diaryl/α,β-unsaturated/α-hetero) is 1. The minimum atomic E-state index is -1.89. The van der Waals surface area contributed by atoms with Crippen LogP contribution in [-0.2, 0) is 10.4 Å². The summed E-state index contributed by atoms with van der Waals surface area (Å²) in [6.45, 7) is 5.83. The number of amides is 1. The zero-order valence-electron chi connectivity index (χ0n) is 15.2. The smallest absolute Gasteiger partial charge is 0.265 e. The maximum atomic E-state index is 12.9. The van der Waals surface area contributed by atoms with Crippen molar-refractivity contribution in [1.29, 1.82) is 0 Å². The van der Waals surface area contributed by atoms with E-state index in [0.29, 0.717) is 16.8 Å². The molecule has 1 aliphatic heterocycles. The molecule has 0 aliphatic carbocycles. The average molecular weight is 347 g/mol. The maximum absolute atomic E-state index is 12.9. The van der Waals surface area contributed by atoms with Crippen LogP contribution in [0, 0.1) is 33.1 Å². The number of aliphatic hydroxyl groups is 1. The topological polar surface area (TPSA) is 57.6 Å². The first kappa shape index (κ1) is 17.9. The minimum absolute atomic E-state index is 0.0506. The van der Waals surface area contributed by atoms with E-state index in [2.05, 4.69) is 5.92 Å². The van der Waals surface area contributed by atoms with E-state index in [1.165, 1.54) is 4.90 Å². The maximum Gasteiger partial charge on any atom is 0.265 e. The molecular weight excluding hydrogens is 326 g/mol. The molecule has 0 fully saturated rings. The molecule has 1 N–H and O–H groups in total. The van der Waals surface area contributed by atoms with Crippen LogP contribution in [-0.4, -0.2) is 23.3 Å². The number of benzene rings is 2. The fourth-order valence-electron chi connectivity index (χ4n) is 3.51. The number of hydrogen-bond donors (Lipinski definition) is 1. The predicted molar refractivity (Wildman–Crippen MR) is 101 cm³/mol. The lowest BCUT2D eigenvalue weighted by atomic mass is 9.86. The van der Waals surface area contributed by atoms with E-state index in [1.807, 2.05) is 32.9 Å². The van der Waals surface area contributed by atoms with Crippen molar-refractivity contribution >= 4 is 17.4 Å². The van der Waals surface area contributed by atoms with Gasteiger partial charge < -0.3 is 5.11 Å². The van der Waals surface area contributed by atoms with E-state index in [0.717, 1.165) is 16.7 Å². The van der Waals surface area contributed by atoms with Crippen molar-refractivity contribution in [3.63, 3.8) is 0 Å². The summed E-state index contributed by atoms with van der Waals surface area (Å²) in [7, 11) is 0. The van der Waals surface area contributed by atoms with Gasteiger partial charge in [0.25, 0.3) is 5.91 Å². The monoisotopic (exact) mass is 347 g/mol. The van der Waals surface area contributed by atoms with Crippen molar-refractivity contribution in [2.45, 2.75) is 32.8 Å². The average Bonchev–Trinajstić information content (AvgIpc) is 2.81. The van der Waals surface area contributed by atoms with Gasteiger partial charge in [-0.25, -0.2) is 0 Å². The molecule has 4 heteroatoms. The van der Waals surface area contributed by atoms with Gasteiger partial charge in [0, 0.05) is 11.1 Å². The highest BCUT2D eigenvalue weighted by Gasteiger charge is 2.50. The van der Waals surface area contributed by atoms with E-state index >= 15 is 0 Å². The van der Waals surface area contributed by atoms with E-state index in [1.54, 1.807) is 24.3 Å². The molecule has 1 aliphatic rings. The van der Waals surface area contributed by atoms with Gasteiger partial charge in [0.2, 0.25) is 0 Å². The van der Waals surface area contributed by atoms with Gasteiger partial charge >= 0.3 is 0 Å². The summed E-state index contributed by atoms with van der Waals surface area (Å²) in [5, 5.41) is 11.2. The molecule has 2 aromatic carbocycles. The van der Waals surface area contributed by atoms with Crippen LogP contribution in [0.2, 0.25) is 0 Å². The zero-order chi connectivity index (χ0) is 19.1. The van der Waals surface area contributed by atoms with Gasteiger partial charge in [-0.2, -0.15) is 0 Å². The van der Waals surface area contributed by atoms with Crippen LogP contribution in [0.3, 0.4) is 0 Å². The number of ketones is 1. The van der Waals surface area contributed by atoms with Crippen molar-refractivity contribution in [2.75, 3.05) is 11.4 Å². The number of fused-ring (bicyclic) bond motifs is 1. The Bertz CT molecular complexity index is 954. The third kappa shape index (κ3) is 2.71. The van der Waals surface area contributed by atoms with E-state index in [-0.39, 0.29) is 18.7 Å². The van der Waals surface area contributed by atoms with Crippen LogP contribution in [0.4, 0.5) is 5.69 Å². The largest absolute Gasteiger partial charge is 0.375 e. The number of carbonyl (C=O) groups excluding carboxylic acids is 2. The van der Waals surface area contributed by atoms with E-state index < -0.39 is 11.5 Å². The lowest BCUT2D eigenvalue weighted by Crippen LogP contribution is -2.42. The first-order chi connectivity index (χ1) is 12.3. The molecule has 0 radical (unpaired) electrons. The number of terminal acetylenes is 1. The summed E-state index contributed by atoms with van der Waals surface area (Å²) >= 11 is 0. The van der Waals surface area contributed by atoms with Crippen LogP contribution in [0.5, 0.6) is 0 Å². The number of nitrogens with zero attached hydrogens (tertiary/aromatic N) is 1. The Morgan fingerprint density at radius 2 is 1.81 bits per heavy atom. The first-order valence-corrected chi connectivity index (χ1v) is 8.48. The summed E-state index contributed by atoms with van der Waals surface area (Å²) in [6.07, 6.45) is 5.05. The van der Waals surface area contributed by atoms with Crippen molar-refractivity contribution in [3.05, 3.63) is 64.2 Å². The van der Waals surface area contributed by atoms with Gasteiger partial charge in [-0.1, -0.05) is 30.2 Å². The Balaban J connectivity index is 2.01. The molecule has 0 unspecified atom stereocenters. The Morgan fingerprint density at radius 3 is 2.50 bits per heavy atom. The van der Waals surface area contributed by atoms with Gasteiger partial charge in [-0.15, -0.1) is 6.42 Å². The Labute approximate surface area is 153 Å². The fraction of sp³-hybridized carbons (Fsp3) is 0.273. The summed E-state index contributed by atoms with van der Waals surface area (Å²) in [4.78, 5) is 27.2. The quantitative estimate of drug-likeness (QED) is 0.683. The molecule has 0 aromatic heterocycles. The molecule has 0 saturated heterocycles. The lowest BCUT2D eigenvalue weighted by molar-refractivity contribution is -0.135. The van der Waals surface area contributed by atoms with Gasteiger partial charge in [0.15, 0.2) is 11.4 Å². The molecule has 2 aromatic rings. The van der Waals surface area contributed by atoms with Crippen molar-refractivity contribution in [2.24, 2.45) is 0 Å². The normalized spacial score (nSPS) is 18.6. The van der Waals surface area contributed by atoms with Crippen LogP contribution >= 0.6 is 0 Å². The van der Waals surface area contributed by atoms with Crippen molar-refractivity contribution in [3.8, 4) is 12.3 Å². The second-order valence-corrected chi connectivity index (χ2v) is 6.82. The third-order valence-electron chi connectivity index (χ3n) is 5.05. The molecule has 4 nitrogen and oxygen atoms in total. The molecule has 3 rings (SSSR count). The number of para-hydroxylation sites is 1. The summed E-state index contributed by atoms with van der Waals surface area (Å²) < 4.78 is 0. The Hall–Kier alpha value is -2.90. The van der Waals surface area contributed by atoms with Crippen LogP contribution < -0.4 is 4.90 Å². The minimum Gasteiger partial charge on any atom is -0.375 e. The van der Waals surface area contributed by atoms with Crippen LogP contribution in [0.25, 0.3) is 0 Å². The molecule has 1 amide bonds. The molecule has 0 saturated carbocycles. The van der Waals surface area contributed by atoms with Crippen LogP contribution in [0.15, 0.2) is 36.4 Å². The Kier molecular flexibility index (Phi) is 4.43. The molecular formula is C22H21NO3. The molecule has 1 atom stereocenters. The standard InChI is InChI=1S/C22H21NO3/c1-5-10-23-19-9-7-6-8-18(19)22(26,21(23)25)13-20(24)17-12-15(3)14(2)11-16(17)4/h1,6-9,11-12,26H,10,13H2,2-4H3/t22-/m0/s1. The molecule has 132 valence electrons. The summed E-state index contributed by atoms with van der Waals surface area (Å²) in [5.41, 5.74) is 2.55. The fourth-order valence-corrected chi connectivity index (χ4v) is 3.51. The molecule has 0 bridgehead atoms. The first-order valence-electron chi connectivity index (χ1n) is 8.48. The molecule has 1 heterocycles. The second-order valence-electron chi connectivity index (χ2n) is 6.82. The van der Waals surface area contributed by atoms with Crippen LogP contribution in [0.1, 0.15) is 39.0 Å². The third-order valence-corrected chi connectivity index (χ3v) is 5.05. The second kappa shape index (κ2) is 6.44. The van der Waals surface area contributed by atoms with E-state index in [9.17, 15) is 14.7 Å². The number of carbonyl (C=O) groups is 2. The predicted octanol–water partition coefficient (Wildman–Crippen LogP) is 3.05. The summed E-state index contributed by atoms with van der Waals surface area (Å²) in [5.74, 6) is 1.62. The van der Waals surface area contributed by atoms with Crippen molar-refractivity contribution in [1.82, 2.24) is 0 Å². The van der Waals surface area contributed by atoms with Gasteiger partial charge in [-0.05, 0) is 49.6 Å². The van der Waals surface area contributed by atoms with Crippen molar-refractivity contribution < 1.29 is 14.7 Å². The van der Waals surface area contributed by atoms with Gasteiger partial charge in [0.05, 0.1) is 18.7 Å². The lowest BCUT2D eigenvalue weighted by Gasteiger charge is -2.22. The highest BCUT2D eigenvalue weighted by atomic mass is 16.3. The number of aryl methyl sites for hydroxylation is 3. The molecule has 26 heavy (non-hydrogen) atoms. The molecule has 0 spiro atoms. The number of rotatable bonds is 4. The Morgan fingerprint density at radius 1 is 1.15 bits per heavy atom. The highest BCUT2D eigenvalue weighted by Crippen LogP contribution is 2.42. The van der Waals surface area contributed by atoms with E-state index in [4.69, 9.17) is 6.42 Å². The zero-order valence-corrected chi connectivity index (χ0v) is 15.2.